The number of halogens is 1. The number of rotatable bonds is 4. The molecule has 2 N–H and O–H groups in total. The molecular weight excluding hydrogens is 258 g/mol. The highest BCUT2D eigenvalue weighted by Gasteiger charge is 2.25. The van der Waals surface area contributed by atoms with Gasteiger partial charge >= 0.3 is 0 Å². The Hall–Kier alpha value is -0.740. The molecule has 0 aliphatic carbocycles. The largest absolute Gasteiger partial charge is 0.398 e. The van der Waals surface area contributed by atoms with Gasteiger partial charge in [0.1, 0.15) is 0 Å². The van der Waals surface area contributed by atoms with Crippen LogP contribution in [-0.2, 0) is 15.6 Å². The number of nitrogens with two attached hydrogens (primary N) is 1. The predicted molar refractivity (Wildman–Crippen MR) is 72.8 cm³/mol. The van der Waals surface area contributed by atoms with E-state index in [-0.39, 0.29) is 11.7 Å². The molecule has 0 aliphatic rings. The van der Waals surface area contributed by atoms with E-state index in [2.05, 4.69) is 0 Å². The zero-order valence-corrected chi connectivity index (χ0v) is 11.8. The Labute approximate surface area is 108 Å². The first kappa shape index (κ1) is 14.3. The van der Waals surface area contributed by atoms with Gasteiger partial charge < -0.3 is 5.73 Å². The highest BCUT2D eigenvalue weighted by atomic mass is 35.5. The summed E-state index contributed by atoms with van der Waals surface area (Å²) in [4.78, 5) is 0. The minimum atomic E-state index is -3.22. The van der Waals surface area contributed by atoms with Crippen molar-refractivity contribution in [1.82, 2.24) is 0 Å². The summed E-state index contributed by atoms with van der Waals surface area (Å²) < 4.78 is 24.3. The fourth-order valence-corrected chi connectivity index (χ4v) is 3.62. The van der Waals surface area contributed by atoms with E-state index >= 15 is 0 Å². The maximum atomic E-state index is 12.1. The van der Waals surface area contributed by atoms with Crippen LogP contribution in [0, 0.1) is 5.92 Å². The molecule has 17 heavy (non-hydrogen) atoms. The molecule has 0 saturated heterocycles. The lowest BCUT2D eigenvalue weighted by Crippen LogP contribution is -2.25. The van der Waals surface area contributed by atoms with Gasteiger partial charge in [-0.1, -0.05) is 31.5 Å². The first-order chi connectivity index (χ1) is 7.75. The molecule has 0 saturated carbocycles. The van der Waals surface area contributed by atoms with E-state index in [0.29, 0.717) is 16.3 Å². The molecule has 0 radical (unpaired) electrons. The minimum Gasteiger partial charge on any atom is -0.398 e. The average Bonchev–Trinajstić information content (AvgIpc) is 2.22. The van der Waals surface area contributed by atoms with Crippen molar-refractivity contribution in [2.24, 2.45) is 5.92 Å². The Bertz CT molecular complexity index is 477. The molecule has 96 valence electrons. The number of hydrogen-bond donors (Lipinski definition) is 1. The van der Waals surface area contributed by atoms with Gasteiger partial charge in [-0.05, 0) is 25.0 Å². The first-order valence-electron chi connectivity index (χ1n) is 5.50. The molecule has 1 aromatic carbocycles. The minimum absolute atomic E-state index is 0.0729. The van der Waals surface area contributed by atoms with Gasteiger partial charge in [-0.15, -0.1) is 0 Å². The van der Waals surface area contributed by atoms with E-state index in [4.69, 9.17) is 17.3 Å². The van der Waals surface area contributed by atoms with Crippen LogP contribution in [0.5, 0.6) is 0 Å². The normalized spacial score (nSPS) is 13.9. The molecule has 0 spiro atoms. The Morgan fingerprint density at radius 2 is 1.88 bits per heavy atom. The van der Waals surface area contributed by atoms with Crippen molar-refractivity contribution in [3.8, 4) is 0 Å². The number of nitrogen functional groups attached to an aromatic ring is 1. The van der Waals surface area contributed by atoms with Crippen molar-refractivity contribution in [1.29, 1.82) is 0 Å². The summed E-state index contributed by atoms with van der Waals surface area (Å²) in [5.41, 5.74) is 6.69. The van der Waals surface area contributed by atoms with Crippen molar-refractivity contribution >= 4 is 27.1 Å². The second-order valence-electron chi connectivity index (χ2n) is 4.56. The Kier molecular flexibility index (Phi) is 4.44. The summed E-state index contributed by atoms with van der Waals surface area (Å²) in [6, 6.07) is 5.03. The second-order valence-corrected chi connectivity index (χ2v) is 7.33. The standard InChI is InChI=1S/C12H18ClNO2S/c1-8(2)9(3)17(15,16)7-10-11(13)5-4-6-12(10)14/h4-6,8-9H,7,14H2,1-3H3. The van der Waals surface area contributed by atoms with Crippen molar-refractivity contribution < 1.29 is 8.42 Å². The quantitative estimate of drug-likeness (QED) is 0.860. The molecule has 0 aliphatic heterocycles. The van der Waals surface area contributed by atoms with E-state index in [1.54, 1.807) is 25.1 Å². The average molecular weight is 276 g/mol. The van der Waals surface area contributed by atoms with Crippen LogP contribution in [0.1, 0.15) is 26.3 Å². The Balaban J connectivity index is 3.07. The molecule has 0 amide bonds. The van der Waals surface area contributed by atoms with Gasteiger partial charge in [-0.25, -0.2) is 8.42 Å². The van der Waals surface area contributed by atoms with E-state index < -0.39 is 15.1 Å². The third kappa shape index (κ3) is 3.36. The molecule has 0 fully saturated rings. The van der Waals surface area contributed by atoms with Crippen LogP contribution in [0.25, 0.3) is 0 Å². The molecule has 5 heteroatoms. The summed E-state index contributed by atoms with van der Waals surface area (Å²) in [5, 5.41) is 0.00250. The predicted octanol–water partition coefficient (Wildman–Crippen LogP) is 2.88. The van der Waals surface area contributed by atoms with Gasteiger partial charge in [0.25, 0.3) is 0 Å². The van der Waals surface area contributed by atoms with Crippen LogP contribution in [0.2, 0.25) is 5.02 Å². The molecule has 1 atom stereocenters. The number of benzene rings is 1. The number of sulfone groups is 1. The van der Waals surface area contributed by atoms with Crippen molar-refractivity contribution in [3.05, 3.63) is 28.8 Å². The van der Waals surface area contributed by atoms with Crippen molar-refractivity contribution in [2.75, 3.05) is 5.73 Å². The third-order valence-corrected chi connectivity index (χ3v) is 5.73. The van der Waals surface area contributed by atoms with Crippen LogP contribution in [0.4, 0.5) is 5.69 Å². The Morgan fingerprint density at radius 1 is 1.29 bits per heavy atom. The molecule has 1 rings (SSSR count). The van der Waals surface area contributed by atoms with Gasteiger partial charge in [-0.3, -0.25) is 0 Å². The lowest BCUT2D eigenvalue weighted by molar-refractivity contribution is 0.545. The summed E-state index contributed by atoms with van der Waals surface area (Å²) in [7, 11) is -3.22. The second kappa shape index (κ2) is 5.27. The third-order valence-electron chi connectivity index (χ3n) is 3.01. The number of hydrogen-bond acceptors (Lipinski definition) is 3. The van der Waals surface area contributed by atoms with Crippen LogP contribution in [-0.4, -0.2) is 13.7 Å². The SMILES string of the molecule is CC(C)C(C)S(=O)(=O)Cc1c(N)cccc1Cl. The van der Waals surface area contributed by atoms with Crippen LogP contribution in [0.3, 0.4) is 0 Å². The molecule has 0 aromatic heterocycles. The molecule has 0 heterocycles. The smallest absolute Gasteiger partial charge is 0.157 e. The monoisotopic (exact) mass is 275 g/mol. The van der Waals surface area contributed by atoms with Gasteiger partial charge in [0.15, 0.2) is 9.84 Å². The first-order valence-corrected chi connectivity index (χ1v) is 7.59. The lowest BCUT2D eigenvalue weighted by Gasteiger charge is -2.17. The van der Waals surface area contributed by atoms with E-state index in [1.165, 1.54) is 0 Å². The van der Waals surface area contributed by atoms with E-state index in [9.17, 15) is 8.42 Å². The van der Waals surface area contributed by atoms with Crippen molar-refractivity contribution in [2.45, 2.75) is 31.8 Å². The summed E-state index contributed by atoms with van der Waals surface area (Å²) in [5.74, 6) is -0.0265. The summed E-state index contributed by atoms with van der Waals surface area (Å²) >= 11 is 5.98. The van der Waals surface area contributed by atoms with Gasteiger partial charge in [-0.2, -0.15) is 0 Å². The maximum absolute atomic E-state index is 12.1. The molecule has 1 aromatic rings. The summed E-state index contributed by atoms with van der Waals surface area (Å²) in [6.45, 7) is 5.49. The molecule has 1 unspecified atom stereocenters. The fraction of sp³-hybridized carbons (Fsp3) is 0.500. The fourth-order valence-electron chi connectivity index (χ4n) is 1.47. The van der Waals surface area contributed by atoms with Gasteiger partial charge in [0, 0.05) is 16.3 Å². The number of anilines is 1. The van der Waals surface area contributed by atoms with E-state index in [1.807, 2.05) is 13.8 Å². The van der Waals surface area contributed by atoms with Crippen LogP contribution >= 0.6 is 11.6 Å². The summed E-state index contributed by atoms with van der Waals surface area (Å²) in [6.07, 6.45) is 0. The molecule has 0 bridgehead atoms. The zero-order chi connectivity index (χ0) is 13.2. The molecule has 3 nitrogen and oxygen atoms in total. The van der Waals surface area contributed by atoms with Gasteiger partial charge in [0.05, 0.1) is 11.0 Å². The topological polar surface area (TPSA) is 60.2 Å². The van der Waals surface area contributed by atoms with Gasteiger partial charge in [0.2, 0.25) is 0 Å². The van der Waals surface area contributed by atoms with Crippen molar-refractivity contribution in [3.63, 3.8) is 0 Å². The van der Waals surface area contributed by atoms with E-state index in [0.717, 1.165) is 0 Å². The van der Waals surface area contributed by atoms with Crippen LogP contribution < -0.4 is 5.73 Å². The maximum Gasteiger partial charge on any atom is 0.157 e. The molecular formula is C12H18ClNO2S. The Morgan fingerprint density at radius 3 is 2.35 bits per heavy atom. The highest BCUT2D eigenvalue weighted by Crippen LogP contribution is 2.26. The van der Waals surface area contributed by atoms with Crippen LogP contribution in [0.15, 0.2) is 18.2 Å². The zero-order valence-electron chi connectivity index (χ0n) is 10.3. The lowest BCUT2D eigenvalue weighted by atomic mass is 10.2. The highest BCUT2D eigenvalue weighted by molar-refractivity contribution is 7.91.